The first-order chi connectivity index (χ1) is 16.7. The van der Waals surface area contributed by atoms with Crippen LogP contribution in [0.15, 0.2) is 54.1 Å². The third-order valence-corrected chi connectivity index (χ3v) is 7.46. The van der Waals surface area contributed by atoms with Gasteiger partial charge in [-0.25, -0.2) is 0 Å². The summed E-state index contributed by atoms with van der Waals surface area (Å²) < 4.78 is 5.55. The molecule has 1 aliphatic carbocycles. The molecule has 0 unspecified atom stereocenters. The second-order valence-electron chi connectivity index (χ2n) is 9.75. The number of nitrogens with zero attached hydrogens (tertiary/aromatic N) is 2. The summed E-state index contributed by atoms with van der Waals surface area (Å²) >= 11 is 0. The minimum atomic E-state index is -0.567. The van der Waals surface area contributed by atoms with Crippen LogP contribution in [0.2, 0.25) is 0 Å². The fourth-order valence-electron chi connectivity index (χ4n) is 5.28. The number of ether oxygens (including phenoxy) is 1. The lowest BCUT2D eigenvalue weighted by atomic mass is 9.82. The molecule has 2 heterocycles. The summed E-state index contributed by atoms with van der Waals surface area (Å²) in [6.45, 7) is 6.21. The van der Waals surface area contributed by atoms with Crippen LogP contribution in [0.4, 0.5) is 11.4 Å². The highest BCUT2D eigenvalue weighted by atomic mass is 16.5. The van der Waals surface area contributed by atoms with Crippen LogP contribution >= 0.6 is 0 Å². The molecule has 7 heteroatoms. The molecule has 2 aromatic carbocycles. The van der Waals surface area contributed by atoms with E-state index >= 15 is 0 Å². The largest absolute Gasteiger partial charge is 0.426 e. The van der Waals surface area contributed by atoms with Crippen molar-refractivity contribution in [1.82, 2.24) is 0 Å². The van der Waals surface area contributed by atoms with Crippen LogP contribution in [0.25, 0.3) is 0 Å². The first-order valence-corrected chi connectivity index (χ1v) is 12.0. The highest BCUT2D eigenvalue weighted by molar-refractivity contribution is 6.22. The number of aryl methyl sites for hydroxylation is 1. The molecule has 2 aliphatic heterocycles. The summed E-state index contributed by atoms with van der Waals surface area (Å²) in [6.07, 6.45) is 3.33. The lowest BCUT2D eigenvalue weighted by molar-refractivity contribution is -0.139. The molecular formula is C28H28N2O5. The quantitative estimate of drug-likeness (QED) is 0.289. The minimum absolute atomic E-state index is 0.0946. The average molecular weight is 473 g/mol. The van der Waals surface area contributed by atoms with Crippen LogP contribution < -0.4 is 14.5 Å². The van der Waals surface area contributed by atoms with Crippen molar-refractivity contribution in [2.24, 2.45) is 17.8 Å². The SMILES string of the molecule is CC1=CC[C@@H]2C(=O)N(c3ccc(OC(=O)[C@H]4CC(=O)N(c5cccc(C)c5C)C4)cc3)C(=O)[C@H]2C1. The van der Waals surface area contributed by atoms with E-state index in [0.717, 1.165) is 22.4 Å². The molecule has 0 aromatic heterocycles. The monoisotopic (exact) mass is 472 g/mol. The Morgan fingerprint density at radius 1 is 0.914 bits per heavy atom. The van der Waals surface area contributed by atoms with Gasteiger partial charge in [0.15, 0.2) is 0 Å². The number of imide groups is 1. The molecule has 7 nitrogen and oxygen atoms in total. The summed E-state index contributed by atoms with van der Waals surface area (Å²) in [4.78, 5) is 54.1. The van der Waals surface area contributed by atoms with Gasteiger partial charge < -0.3 is 9.64 Å². The van der Waals surface area contributed by atoms with E-state index < -0.39 is 11.9 Å². The van der Waals surface area contributed by atoms with E-state index in [0.29, 0.717) is 24.3 Å². The molecule has 0 N–H and O–H groups in total. The Hall–Kier alpha value is -3.74. The predicted octanol–water partition coefficient (Wildman–Crippen LogP) is 4.11. The molecule has 3 amide bonds. The van der Waals surface area contributed by atoms with Gasteiger partial charge in [-0.1, -0.05) is 23.8 Å². The van der Waals surface area contributed by atoms with Crippen LogP contribution in [0.5, 0.6) is 5.75 Å². The number of fused-ring (bicyclic) bond motifs is 1. The normalized spacial score (nSPS) is 24.0. The first kappa shape index (κ1) is 23.0. The van der Waals surface area contributed by atoms with Crippen LogP contribution in [-0.2, 0) is 19.2 Å². The summed E-state index contributed by atoms with van der Waals surface area (Å²) in [5, 5.41) is 0. The summed E-state index contributed by atoms with van der Waals surface area (Å²) in [6, 6.07) is 12.2. The van der Waals surface area contributed by atoms with Gasteiger partial charge in [0.2, 0.25) is 17.7 Å². The van der Waals surface area contributed by atoms with Gasteiger partial charge >= 0.3 is 5.97 Å². The Morgan fingerprint density at radius 2 is 1.63 bits per heavy atom. The lowest BCUT2D eigenvalue weighted by Gasteiger charge is -2.20. The van der Waals surface area contributed by atoms with Gasteiger partial charge in [-0.3, -0.25) is 24.1 Å². The molecule has 0 radical (unpaired) electrons. The predicted molar refractivity (Wildman–Crippen MR) is 131 cm³/mol. The number of esters is 1. The first-order valence-electron chi connectivity index (χ1n) is 12.0. The number of hydrogen-bond acceptors (Lipinski definition) is 5. The van der Waals surface area contributed by atoms with Crippen molar-refractivity contribution in [2.45, 2.75) is 40.0 Å². The zero-order chi connectivity index (χ0) is 24.9. The molecule has 0 spiro atoms. The Kier molecular flexibility index (Phi) is 5.79. The standard InChI is InChI=1S/C28H28N2O5/c1-16-7-12-22-23(13-16)27(33)30(26(22)32)20-8-10-21(11-9-20)35-28(34)19-14-25(31)29(15-19)24-6-4-5-17(2)18(24)3/h4-11,19,22-23H,12-15H2,1-3H3/t19-,22-,23-/m0/s1. The smallest absolute Gasteiger partial charge is 0.316 e. The van der Waals surface area contributed by atoms with Gasteiger partial charge in [0.25, 0.3) is 0 Å². The fourth-order valence-corrected chi connectivity index (χ4v) is 5.28. The zero-order valence-electron chi connectivity index (χ0n) is 20.1. The lowest BCUT2D eigenvalue weighted by Crippen LogP contribution is -2.30. The molecule has 3 atom stereocenters. The number of benzene rings is 2. The summed E-state index contributed by atoms with van der Waals surface area (Å²) in [5.41, 5.74) is 4.53. The molecule has 35 heavy (non-hydrogen) atoms. The second-order valence-corrected chi connectivity index (χ2v) is 9.75. The molecule has 0 saturated carbocycles. The maximum Gasteiger partial charge on any atom is 0.316 e. The molecule has 5 rings (SSSR count). The van der Waals surface area contributed by atoms with Crippen molar-refractivity contribution in [2.75, 3.05) is 16.3 Å². The Morgan fingerprint density at radius 3 is 2.37 bits per heavy atom. The summed E-state index contributed by atoms with van der Waals surface area (Å²) in [5.74, 6) is -1.78. The van der Waals surface area contributed by atoms with E-state index in [2.05, 4.69) is 0 Å². The molecular weight excluding hydrogens is 444 g/mol. The van der Waals surface area contributed by atoms with Gasteiger partial charge in [-0.2, -0.15) is 0 Å². The summed E-state index contributed by atoms with van der Waals surface area (Å²) in [7, 11) is 0. The average Bonchev–Trinajstić information content (AvgIpc) is 3.33. The third kappa shape index (κ3) is 4.05. The number of amides is 3. The number of carbonyl (C=O) groups excluding carboxylic acids is 4. The number of hydrogen-bond donors (Lipinski definition) is 0. The molecule has 2 fully saturated rings. The maximum absolute atomic E-state index is 12.9. The van der Waals surface area contributed by atoms with Crippen molar-refractivity contribution >= 4 is 35.1 Å². The van der Waals surface area contributed by atoms with Crippen LogP contribution in [0.3, 0.4) is 0 Å². The van der Waals surface area contributed by atoms with Gasteiger partial charge in [-0.15, -0.1) is 0 Å². The number of anilines is 2. The number of carbonyl (C=O) groups is 4. The highest BCUT2D eigenvalue weighted by Crippen LogP contribution is 2.40. The molecule has 180 valence electrons. The van der Waals surface area contributed by atoms with Gasteiger partial charge in [0.1, 0.15) is 5.75 Å². The van der Waals surface area contributed by atoms with Gasteiger partial charge in [-0.05, 0) is 75.1 Å². The van der Waals surface area contributed by atoms with E-state index in [1.807, 2.05) is 45.0 Å². The van der Waals surface area contributed by atoms with Crippen LogP contribution in [0.1, 0.15) is 37.3 Å². The number of rotatable bonds is 4. The van der Waals surface area contributed by atoms with E-state index in [4.69, 9.17) is 4.74 Å². The van der Waals surface area contributed by atoms with E-state index in [9.17, 15) is 19.2 Å². The minimum Gasteiger partial charge on any atom is -0.426 e. The van der Waals surface area contributed by atoms with Gasteiger partial charge in [0.05, 0.1) is 23.4 Å². The van der Waals surface area contributed by atoms with Crippen molar-refractivity contribution in [1.29, 1.82) is 0 Å². The highest BCUT2D eigenvalue weighted by Gasteiger charge is 2.48. The van der Waals surface area contributed by atoms with E-state index in [-0.39, 0.29) is 42.5 Å². The van der Waals surface area contributed by atoms with Crippen molar-refractivity contribution in [3.05, 3.63) is 65.2 Å². The van der Waals surface area contributed by atoms with Crippen LogP contribution in [-0.4, -0.2) is 30.2 Å². The van der Waals surface area contributed by atoms with Crippen LogP contribution in [0, 0.1) is 31.6 Å². The Bertz CT molecular complexity index is 1260. The van der Waals surface area contributed by atoms with E-state index in [1.54, 1.807) is 29.2 Å². The van der Waals surface area contributed by atoms with E-state index in [1.165, 1.54) is 4.90 Å². The topological polar surface area (TPSA) is 84.0 Å². The van der Waals surface area contributed by atoms with Crippen molar-refractivity contribution in [3.63, 3.8) is 0 Å². The Labute approximate surface area is 204 Å². The molecule has 0 bridgehead atoms. The molecule has 2 aromatic rings. The third-order valence-electron chi connectivity index (χ3n) is 7.46. The second kappa shape index (κ2) is 8.80. The van der Waals surface area contributed by atoms with Crippen molar-refractivity contribution < 1.29 is 23.9 Å². The molecule has 2 saturated heterocycles. The van der Waals surface area contributed by atoms with Gasteiger partial charge in [0, 0.05) is 18.7 Å². The fraction of sp³-hybridized carbons (Fsp3) is 0.357. The Balaban J connectivity index is 1.25. The maximum atomic E-state index is 12.9. The van der Waals surface area contributed by atoms with Crippen molar-refractivity contribution in [3.8, 4) is 5.75 Å². The molecule has 3 aliphatic rings. The zero-order valence-corrected chi connectivity index (χ0v) is 20.1. The number of allylic oxidation sites excluding steroid dienone is 2.